The lowest BCUT2D eigenvalue weighted by Crippen LogP contribution is -2.27. The molecule has 6 nitrogen and oxygen atoms in total. The number of aromatic nitrogens is 4. The molecule has 0 aliphatic heterocycles. The highest BCUT2D eigenvalue weighted by atomic mass is 35.5. The average molecular weight is 308 g/mol. The van der Waals surface area contributed by atoms with Crippen LogP contribution in [0.25, 0.3) is 16.6 Å². The number of rotatable bonds is 2. The first-order valence-corrected chi connectivity index (χ1v) is 6.54. The molecule has 2 heterocycles. The molecule has 108 valence electrons. The topological polar surface area (TPSA) is 89.6 Å². The molecule has 0 amide bonds. The van der Waals surface area contributed by atoms with Crippen molar-refractivity contribution in [2.45, 2.75) is 13.0 Å². The van der Waals surface area contributed by atoms with Crippen LogP contribution in [0.5, 0.6) is 0 Å². The lowest BCUT2D eigenvalue weighted by atomic mass is 10.2. The van der Waals surface area contributed by atoms with Crippen LogP contribution in [0.4, 0.5) is 4.39 Å². The Morgan fingerprint density at radius 1 is 1.48 bits per heavy atom. The molecule has 0 fully saturated rings. The van der Waals surface area contributed by atoms with Crippen molar-refractivity contribution in [3.05, 3.63) is 51.5 Å². The van der Waals surface area contributed by atoms with Crippen LogP contribution in [-0.4, -0.2) is 19.7 Å². The number of benzene rings is 1. The zero-order valence-corrected chi connectivity index (χ0v) is 11.7. The number of nitrogens with one attached hydrogen (secondary N) is 1. The van der Waals surface area contributed by atoms with Crippen LogP contribution >= 0.6 is 11.6 Å². The molecule has 3 aromatic rings. The number of aromatic amines is 1. The predicted molar refractivity (Wildman–Crippen MR) is 77.1 cm³/mol. The monoisotopic (exact) mass is 307 g/mol. The zero-order valence-electron chi connectivity index (χ0n) is 11.0. The van der Waals surface area contributed by atoms with Gasteiger partial charge in [-0.15, -0.1) is 0 Å². The van der Waals surface area contributed by atoms with Gasteiger partial charge in [-0.05, 0) is 19.1 Å². The molecule has 3 rings (SSSR count). The van der Waals surface area contributed by atoms with Crippen LogP contribution in [0.1, 0.15) is 18.8 Å². The van der Waals surface area contributed by atoms with Crippen LogP contribution in [0.15, 0.2) is 29.3 Å². The van der Waals surface area contributed by atoms with Gasteiger partial charge in [-0.1, -0.05) is 11.6 Å². The van der Waals surface area contributed by atoms with Crippen molar-refractivity contribution >= 4 is 22.5 Å². The van der Waals surface area contributed by atoms with Gasteiger partial charge in [-0.3, -0.25) is 14.5 Å². The summed E-state index contributed by atoms with van der Waals surface area (Å²) in [6.45, 7) is 1.66. The van der Waals surface area contributed by atoms with Crippen molar-refractivity contribution in [1.82, 2.24) is 19.7 Å². The standard InChI is InChI=1S/C13H11ClFN5O/c1-6(16)12-19-11-9(15)3-2-8(14)10(11)13(21)20(12)7-4-17-18-5-7/h2-6H,16H2,1H3,(H,17,18)/t6-/m0/s1. The van der Waals surface area contributed by atoms with E-state index in [2.05, 4.69) is 15.2 Å². The summed E-state index contributed by atoms with van der Waals surface area (Å²) in [4.78, 5) is 16.9. The number of hydrogen-bond donors (Lipinski definition) is 2. The summed E-state index contributed by atoms with van der Waals surface area (Å²) in [5.41, 5.74) is 5.75. The highest BCUT2D eigenvalue weighted by Gasteiger charge is 2.19. The van der Waals surface area contributed by atoms with E-state index in [0.717, 1.165) is 0 Å². The van der Waals surface area contributed by atoms with E-state index in [1.54, 1.807) is 6.92 Å². The fraction of sp³-hybridized carbons (Fsp3) is 0.154. The Bertz CT molecular complexity index is 872. The molecule has 0 aliphatic carbocycles. The van der Waals surface area contributed by atoms with Gasteiger partial charge < -0.3 is 5.73 Å². The zero-order chi connectivity index (χ0) is 15.1. The van der Waals surface area contributed by atoms with E-state index in [1.807, 2.05) is 0 Å². The summed E-state index contributed by atoms with van der Waals surface area (Å²) < 4.78 is 15.2. The molecule has 0 aliphatic rings. The smallest absolute Gasteiger partial charge is 0.267 e. The maximum absolute atomic E-state index is 13.9. The van der Waals surface area contributed by atoms with E-state index in [0.29, 0.717) is 5.69 Å². The molecule has 0 saturated heterocycles. The third-order valence-corrected chi connectivity index (χ3v) is 3.41. The van der Waals surface area contributed by atoms with E-state index in [1.165, 1.54) is 29.1 Å². The Morgan fingerprint density at radius 2 is 2.24 bits per heavy atom. The van der Waals surface area contributed by atoms with E-state index < -0.39 is 17.4 Å². The highest BCUT2D eigenvalue weighted by Crippen LogP contribution is 2.24. The first-order valence-electron chi connectivity index (χ1n) is 6.16. The Kier molecular flexibility index (Phi) is 3.23. The van der Waals surface area contributed by atoms with Crippen LogP contribution in [0.2, 0.25) is 5.02 Å². The second kappa shape index (κ2) is 4.94. The summed E-state index contributed by atoms with van der Waals surface area (Å²) in [7, 11) is 0. The minimum atomic E-state index is -0.618. The van der Waals surface area contributed by atoms with Crippen molar-refractivity contribution in [3.63, 3.8) is 0 Å². The summed E-state index contributed by atoms with van der Waals surface area (Å²) in [6.07, 6.45) is 2.97. The van der Waals surface area contributed by atoms with Crippen molar-refractivity contribution in [3.8, 4) is 5.69 Å². The average Bonchev–Trinajstić information content (AvgIpc) is 2.95. The van der Waals surface area contributed by atoms with Crippen molar-refractivity contribution in [2.75, 3.05) is 0 Å². The molecule has 8 heteroatoms. The van der Waals surface area contributed by atoms with E-state index in [-0.39, 0.29) is 21.7 Å². The molecule has 2 aromatic heterocycles. The first-order chi connectivity index (χ1) is 10.0. The van der Waals surface area contributed by atoms with Gasteiger partial charge in [0.2, 0.25) is 0 Å². The molecular formula is C13H11ClFN5O. The molecule has 0 saturated carbocycles. The number of hydrogen-bond acceptors (Lipinski definition) is 4. The number of nitrogens with two attached hydrogens (primary N) is 1. The molecule has 0 unspecified atom stereocenters. The Balaban J connectivity index is 2.52. The number of nitrogens with zero attached hydrogens (tertiary/aromatic N) is 3. The fourth-order valence-electron chi connectivity index (χ4n) is 2.16. The highest BCUT2D eigenvalue weighted by molar-refractivity contribution is 6.35. The minimum Gasteiger partial charge on any atom is -0.322 e. The third kappa shape index (κ3) is 2.10. The summed E-state index contributed by atoms with van der Waals surface area (Å²) >= 11 is 6.02. The van der Waals surface area contributed by atoms with Gasteiger partial charge >= 0.3 is 0 Å². The number of fused-ring (bicyclic) bond motifs is 1. The van der Waals surface area contributed by atoms with E-state index in [4.69, 9.17) is 17.3 Å². The van der Waals surface area contributed by atoms with Crippen molar-refractivity contribution in [1.29, 1.82) is 0 Å². The molecule has 1 aromatic carbocycles. The molecular weight excluding hydrogens is 297 g/mol. The van der Waals surface area contributed by atoms with Crippen LogP contribution in [0, 0.1) is 5.82 Å². The van der Waals surface area contributed by atoms with Gasteiger partial charge in [0.1, 0.15) is 17.2 Å². The first kappa shape index (κ1) is 13.7. The SMILES string of the molecule is C[C@H](N)c1nc2c(F)ccc(Cl)c2c(=O)n1-c1cn[nH]c1. The maximum atomic E-state index is 13.9. The molecule has 0 bridgehead atoms. The van der Waals surface area contributed by atoms with Gasteiger partial charge in [0.25, 0.3) is 5.56 Å². The lowest BCUT2D eigenvalue weighted by molar-refractivity contribution is 0.630. The second-order valence-corrected chi connectivity index (χ2v) is 5.02. The summed E-state index contributed by atoms with van der Waals surface area (Å²) in [5.74, 6) is -0.386. The molecule has 21 heavy (non-hydrogen) atoms. The second-order valence-electron chi connectivity index (χ2n) is 4.61. The Morgan fingerprint density at radius 3 is 2.86 bits per heavy atom. The van der Waals surface area contributed by atoms with E-state index in [9.17, 15) is 9.18 Å². The fourth-order valence-corrected chi connectivity index (χ4v) is 2.39. The van der Waals surface area contributed by atoms with Crippen molar-refractivity contribution in [2.24, 2.45) is 5.73 Å². The van der Waals surface area contributed by atoms with Gasteiger partial charge in [0, 0.05) is 6.20 Å². The predicted octanol–water partition coefficient (Wildman–Crippen LogP) is 1.92. The Hall–Kier alpha value is -2.25. The quantitative estimate of drug-likeness (QED) is 0.757. The molecule has 0 radical (unpaired) electrons. The van der Waals surface area contributed by atoms with Crippen LogP contribution in [-0.2, 0) is 0 Å². The molecule has 3 N–H and O–H groups in total. The normalized spacial score (nSPS) is 12.8. The van der Waals surface area contributed by atoms with Crippen molar-refractivity contribution < 1.29 is 4.39 Å². The molecule has 1 atom stereocenters. The summed E-state index contributed by atoms with van der Waals surface area (Å²) in [6, 6.07) is 1.92. The Labute approximate surface area is 123 Å². The largest absolute Gasteiger partial charge is 0.322 e. The molecule has 0 spiro atoms. The lowest BCUT2D eigenvalue weighted by Gasteiger charge is -2.15. The number of halogens is 2. The maximum Gasteiger partial charge on any atom is 0.267 e. The van der Waals surface area contributed by atoms with Gasteiger partial charge in [-0.25, -0.2) is 9.37 Å². The van der Waals surface area contributed by atoms with Gasteiger partial charge in [-0.2, -0.15) is 5.10 Å². The summed E-state index contributed by atoms with van der Waals surface area (Å²) in [5, 5.41) is 6.56. The van der Waals surface area contributed by atoms with E-state index >= 15 is 0 Å². The third-order valence-electron chi connectivity index (χ3n) is 3.10. The van der Waals surface area contributed by atoms with Gasteiger partial charge in [0.15, 0.2) is 0 Å². The number of H-pyrrole nitrogens is 1. The van der Waals surface area contributed by atoms with Crippen LogP contribution in [0.3, 0.4) is 0 Å². The van der Waals surface area contributed by atoms with Gasteiger partial charge in [0.05, 0.1) is 28.3 Å². The van der Waals surface area contributed by atoms with Crippen LogP contribution < -0.4 is 11.3 Å². The minimum absolute atomic E-state index is 0.0160.